The quantitative estimate of drug-likeness (QED) is 0.734. The van der Waals surface area contributed by atoms with Gasteiger partial charge in [0.25, 0.3) is 5.95 Å². The van der Waals surface area contributed by atoms with Crippen LogP contribution in [0.1, 0.15) is 17.2 Å². The maximum Gasteiger partial charge on any atom is 0.252 e. The molecule has 2 aromatic heterocycles. The summed E-state index contributed by atoms with van der Waals surface area (Å²) in [4.78, 5) is 12.5. The molecular formula is C9H12N6. The summed E-state index contributed by atoms with van der Waals surface area (Å²) in [5, 5.41) is 4.02. The van der Waals surface area contributed by atoms with E-state index in [0.717, 1.165) is 11.4 Å². The number of hydrogen-bond donors (Lipinski definition) is 1. The van der Waals surface area contributed by atoms with Gasteiger partial charge in [0.2, 0.25) is 5.95 Å². The van der Waals surface area contributed by atoms with Crippen LogP contribution < -0.4 is 5.73 Å². The number of anilines is 1. The van der Waals surface area contributed by atoms with E-state index in [2.05, 4.69) is 20.1 Å². The second-order valence-corrected chi connectivity index (χ2v) is 3.38. The van der Waals surface area contributed by atoms with Crippen molar-refractivity contribution < 1.29 is 0 Å². The van der Waals surface area contributed by atoms with E-state index >= 15 is 0 Å². The lowest BCUT2D eigenvalue weighted by atomic mass is 10.4. The summed E-state index contributed by atoms with van der Waals surface area (Å²) in [6.45, 7) is 5.63. The fourth-order valence-electron chi connectivity index (χ4n) is 1.40. The molecule has 2 rings (SSSR count). The van der Waals surface area contributed by atoms with Gasteiger partial charge in [-0.2, -0.15) is 9.67 Å². The maximum atomic E-state index is 5.49. The molecule has 6 heteroatoms. The third-order valence-electron chi connectivity index (χ3n) is 1.95. The summed E-state index contributed by atoms with van der Waals surface area (Å²) in [7, 11) is 0. The van der Waals surface area contributed by atoms with Crippen LogP contribution in [-0.2, 0) is 0 Å². The van der Waals surface area contributed by atoms with Gasteiger partial charge in [0.05, 0.1) is 0 Å². The molecule has 0 aliphatic rings. The fourth-order valence-corrected chi connectivity index (χ4v) is 1.40. The van der Waals surface area contributed by atoms with E-state index in [0.29, 0.717) is 11.8 Å². The Labute approximate surface area is 87.2 Å². The van der Waals surface area contributed by atoms with Crippen LogP contribution in [0.25, 0.3) is 5.95 Å². The number of aryl methyl sites for hydroxylation is 3. The zero-order chi connectivity index (χ0) is 11.0. The molecule has 0 radical (unpaired) electrons. The Morgan fingerprint density at radius 1 is 1.07 bits per heavy atom. The maximum absolute atomic E-state index is 5.49. The highest BCUT2D eigenvalue weighted by molar-refractivity contribution is 5.22. The molecule has 0 bridgehead atoms. The molecule has 2 heterocycles. The van der Waals surface area contributed by atoms with Gasteiger partial charge in [0, 0.05) is 11.4 Å². The van der Waals surface area contributed by atoms with Crippen molar-refractivity contribution in [1.82, 2.24) is 24.7 Å². The zero-order valence-corrected chi connectivity index (χ0v) is 8.89. The van der Waals surface area contributed by atoms with Crippen molar-refractivity contribution in [1.29, 1.82) is 0 Å². The average Bonchev–Trinajstić information content (AvgIpc) is 2.43. The van der Waals surface area contributed by atoms with Crippen molar-refractivity contribution >= 4 is 5.95 Å². The van der Waals surface area contributed by atoms with Gasteiger partial charge in [0.1, 0.15) is 5.82 Å². The van der Waals surface area contributed by atoms with E-state index in [4.69, 9.17) is 5.73 Å². The molecule has 0 unspecified atom stereocenters. The monoisotopic (exact) mass is 204 g/mol. The lowest BCUT2D eigenvalue weighted by molar-refractivity contribution is 0.768. The Bertz CT molecular complexity index is 481. The minimum Gasteiger partial charge on any atom is -0.366 e. The first-order valence-corrected chi connectivity index (χ1v) is 4.58. The summed E-state index contributed by atoms with van der Waals surface area (Å²) < 4.78 is 1.54. The van der Waals surface area contributed by atoms with Crippen molar-refractivity contribution in [2.45, 2.75) is 20.8 Å². The van der Waals surface area contributed by atoms with Gasteiger partial charge in [0.15, 0.2) is 0 Å². The number of rotatable bonds is 1. The van der Waals surface area contributed by atoms with Gasteiger partial charge >= 0.3 is 0 Å². The fraction of sp³-hybridized carbons (Fsp3) is 0.333. The van der Waals surface area contributed by atoms with Gasteiger partial charge in [-0.15, -0.1) is 5.10 Å². The smallest absolute Gasteiger partial charge is 0.252 e. The van der Waals surface area contributed by atoms with Crippen LogP contribution in [0.2, 0.25) is 0 Å². The van der Waals surface area contributed by atoms with Crippen molar-refractivity contribution in [3.05, 3.63) is 23.3 Å². The minimum atomic E-state index is 0.232. The van der Waals surface area contributed by atoms with Gasteiger partial charge < -0.3 is 5.73 Å². The molecule has 0 saturated heterocycles. The van der Waals surface area contributed by atoms with Crippen LogP contribution in [0.15, 0.2) is 6.07 Å². The molecule has 2 aromatic rings. The van der Waals surface area contributed by atoms with Crippen molar-refractivity contribution in [2.75, 3.05) is 5.73 Å². The first-order valence-electron chi connectivity index (χ1n) is 4.58. The van der Waals surface area contributed by atoms with Crippen LogP contribution >= 0.6 is 0 Å². The molecule has 2 N–H and O–H groups in total. The standard InChI is InChI=1S/C9H12N6/c1-5-4-6(2)12-9(11-5)15-7(3)13-8(10)14-15/h4H,1-3H3,(H2,10,14). The molecule has 0 fully saturated rings. The van der Waals surface area contributed by atoms with Gasteiger partial charge in [-0.25, -0.2) is 9.97 Å². The van der Waals surface area contributed by atoms with Crippen LogP contribution in [0.4, 0.5) is 5.95 Å². The molecule has 0 amide bonds. The lowest BCUT2D eigenvalue weighted by Gasteiger charge is -2.02. The predicted octanol–water partition coefficient (Wildman–Crippen LogP) is 0.565. The first kappa shape index (κ1) is 9.57. The number of hydrogen-bond acceptors (Lipinski definition) is 5. The summed E-state index contributed by atoms with van der Waals surface area (Å²) in [5.41, 5.74) is 7.28. The number of nitrogens with two attached hydrogens (primary N) is 1. The Balaban J connectivity index is 2.58. The van der Waals surface area contributed by atoms with Crippen LogP contribution in [0.5, 0.6) is 0 Å². The molecule has 0 saturated carbocycles. The highest BCUT2D eigenvalue weighted by atomic mass is 15.4. The highest BCUT2D eigenvalue weighted by Gasteiger charge is 2.08. The Hall–Kier alpha value is -1.98. The molecule has 0 spiro atoms. The van der Waals surface area contributed by atoms with E-state index in [1.54, 1.807) is 0 Å². The first-order chi connectivity index (χ1) is 7.06. The molecular weight excluding hydrogens is 192 g/mol. The second-order valence-electron chi connectivity index (χ2n) is 3.38. The summed E-state index contributed by atoms with van der Waals surface area (Å²) >= 11 is 0. The Morgan fingerprint density at radius 2 is 1.67 bits per heavy atom. The second kappa shape index (κ2) is 3.30. The minimum absolute atomic E-state index is 0.232. The number of nitrogens with zero attached hydrogens (tertiary/aromatic N) is 5. The third-order valence-corrected chi connectivity index (χ3v) is 1.95. The van der Waals surface area contributed by atoms with E-state index in [1.807, 2.05) is 26.8 Å². The SMILES string of the molecule is Cc1cc(C)nc(-n2nc(N)nc2C)n1. The lowest BCUT2D eigenvalue weighted by Crippen LogP contribution is -2.07. The van der Waals surface area contributed by atoms with Crippen molar-refractivity contribution in [3.8, 4) is 5.95 Å². The van der Waals surface area contributed by atoms with E-state index < -0.39 is 0 Å². The number of aromatic nitrogens is 5. The topological polar surface area (TPSA) is 82.5 Å². The molecule has 0 aliphatic carbocycles. The van der Waals surface area contributed by atoms with Crippen LogP contribution in [-0.4, -0.2) is 24.7 Å². The molecule has 0 aromatic carbocycles. The molecule has 15 heavy (non-hydrogen) atoms. The molecule has 6 nitrogen and oxygen atoms in total. The van der Waals surface area contributed by atoms with Crippen LogP contribution in [0.3, 0.4) is 0 Å². The third kappa shape index (κ3) is 1.78. The summed E-state index contributed by atoms with van der Waals surface area (Å²) in [6, 6.07) is 1.90. The largest absolute Gasteiger partial charge is 0.366 e. The van der Waals surface area contributed by atoms with Crippen molar-refractivity contribution in [3.63, 3.8) is 0 Å². The predicted molar refractivity (Wildman–Crippen MR) is 55.6 cm³/mol. The molecule has 0 aliphatic heterocycles. The van der Waals surface area contributed by atoms with Crippen molar-refractivity contribution in [2.24, 2.45) is 0 Å². The summed E-state index contributed by atoms with van der Waals surface area (Å²) in [5.74, 6) is 1.42. The Kier molecular flexibility index (Phi) is 2.11. The van der Waals surface area contributed by atoms with Gasteiger partial charge in [-0.1, -0.05) is 0 Å². The highest BCUT2D eigenvalue weighted by Crippen LogP contribution is 2.07. The van der Waals surface area contributed by atoms with E-state index in [9.17, 15) is 0 Å². The van der Waals surface area contributed by atoms with Crippen LogP contribution in [0, 0.1) is 20.8 Å². The zero-order valence-electron chi connectivity index (χ0n) is 8.89. The Morgan fingerprint density at radius 3 is 2.13 bits per heavy atom. The number of nitrogen functional groups attached to an aromatic ring is 1. The average molecular weight is 204 g/mol. The molecule has 78 valence electrons. The van der Waals surface area contributed by atoms with E-state index in [1.165, 1.54) is 4.68 Å². The van der Waals surface area contributed by atoms with E-state index in [-0.39, 0.29) is 5.95 Å². The molecule has 0 atom stereocenters. The van der Waals surface area contributed by atoms with Gasteiger partial charge in [-0.05, 0) is 26.8 Å². The van der Waals surface area contributed by atoms with Gasteiger partial charge in [-0.3, -0.25) is 0 Å². The summed E-state index contributed by atoms with van der Waals surface area (Å²) in [6.07, 6.45) is 0. The normalized spacial score (nSPS) is 10.6.